The van der Waals surface area contributed by atoms with E-state index >= 15 is 0 Å². The molecule has 8 heteroatoms. The molecule has 1 aliphatic carbocycles. The lowest BCUT2D eigenvalue weighted by Gasteiger charge is -2.44. The van der Waals surface area contributed by atoms with Crippen LogP contribution in [0.25, 0.3) is 0 Å². The van der Waals surface area contributed by atoms with Crippen LogP contribution in [0.15, 0.2) is 5.51 Å². The van der Waals surface area contributed by atoms with Crippen LogP contribution in [0.5, 0.6) is 0 Å². The highest BCUT2D eigenvalue weighted by molar-refractivity contribution is 7.09. The molecule has 0 unspecified atom stereocenters. The minimum absolute atomic E-state index is 0.0548. The van der Waals surface area contributed by atoms with Crippen LogP contribution in [-0.2, 0) is 19.5 Å². The molecule has 1 saturated heterocycles. The first-order valence-corrected chi connectivity index (χ1v) is 11.3. The van der Waals surface area contributed by atoms with Gasteiger partial charge in [-0.3, -0.25) is 9.69 Å². The number of fused-ring (bicyclic) bond motifs is 1. The molecule has 1 spiro atoms. The smallest absolute Gasteiger partial charge is 0.289 e. The summed E-state index contributed by atoms with van der Waals surface area (Å²) in [7, 11) is 0. The number of rotatable bonds is 5. The summed E-state index contributed by atoms with van der Waals surface area (Å²) in [6.07, 6.45) is 6.90. The fraction of sp³-hybridized carbons (Fsp3) is 0.700. The van der Waals surface area contributed by atoms with E-state index in [-0.39, 0.29) is 11.3 Å². The van der Waals surface area contributed by atoms with Gasteiger partial charge < -0.3 is 9.88 Å². The Balaban J connectivity index is 1.23. The second-order valence-electron chi connectivity index (χ2n) is 8.82. The van der Waals surface area contributed by atoms with Crippen molar-refractivity contribution >= 4 is 17.2 Å². The molecule has 2 aromatic heterocycles. The van der Waals surface area contributed by atoms with E-state index in [0.717, 1.165) is 51.4 Å². The van der Waals surface area contributed by atoms with Crippen molar-refractivity contribution < 1.29 is 4.79 Å². The van der Waals surface area contributed by atoms with E-state index in [1.54, 1.807) is 11.3 Å². The summed E-state index contributed by atoms with van der Waals surface area (Å²) < 4.78 is 2.11. The van der Waals surface area contributed by atoms with Crippen LogP contribution in [-0.4, -0.2) is 50.2 Å². The number of nitrogens with one attached hydrogen (secondary N) is 1. The zero-order valence-corrected chi connectivity index (χ0v) is 17.3. The monoisotopic (exact) mass is 400 g/mol. The molecule has 2 aromatic rings. The Morgan fingerprint density at radius 1 is 1.29 bits per heavy atom. The molecule has 1 N–H and O–H groups in total. The Morgan fingerprint density at radius 3 is 2.82 bits per heavy atom. The number of piperidine rings is 1. The van der Waals surface area contributed by atoms with Gasteiger partial charge in [0.1, 0.15) is 5.82 Å². The van der Waals surface area contributed by atoms with E-state index in [1.165, 1.54) is 36.3 Å². The van der Waals surface area contributed by atoms with Crippen LogP contribution in [0.3, 0.4) is 0 Å². The van der Waals surface area contributed by atoms with Crippen LogP contribution >= 0.6 is 11.3 Å². The maximum absolute atomic E-state index is 12.6. The van der Waals surface area contributed by atoms with Gasteiger partial charge in [0, 0.05) is 30.9 Å². The first-order valence-electron chi connectivity index (χ1n) is 10.4. The highest BCUT2D eigenvalue weighted by Crippen LogP contribution is 2.41. The number of amides is 1. The molecule has 28 heavy (non-hydrogen) atoms. The van der Waals surface area contributed by atoms with Crippen molar-refractivity contribution in [3.05, 3.63) is 27.7 Å². The van der Waals surface area contributed by atoms with Gasteiger partial charge in [-0.1, -0.05) is 0 Å². The third-order valence-electron chi connectivity index (χ3n) is 6.78. The van der Waals surface area contributed by atoms with Crippen LogP contribution in [0, 0.1) is 18.3 Å². The SMILES string of the molecule is Cc1ncsc1CN1CCC2(CCc3nnc(C(=O)NCC4CC4)n3C2)CC1. The summed E-state index contributed by atoms with van der Waals surface area (Å²) in [4.78, 5) is 20.9. The highest BCUT2D eigenvalue weighted by atomic mass is 32.1. The van der Waals surface area contributed by atoms with Gasteiger partial charge in [-0.2, -0.15) is 0 Å². The zero-order valence-electron chi connectivity index (χ0n) is 16.5. The van der Waals surface area contributed by atoms with Gasteiger partial charge in [0.15, 0.2) is 0 Å². The first-order chi connectivity index (χ1) is 13.6. The van der Waals surface area contributed by atoms with Gasteiger partial charge in [-0.15, -0.1) is 21.5 Å². The van der Waals surface area contributed by atoms with Crippen molar-refractivity contribution in [2.24, 2.45) is 11.3 Å². The Hall–Kier alpha value is -1.80. The number of aromatic nitrogens is 4. The number of thiazole rings is 1. The van der Waals surface area contributed by atoms with Gasteiger partial charge >= 0.3 is 0 Å². The fourth-order valence-corrected chi connectivity index (χ4v) is 5.38. The zero-order chi connectivity index (χ0) is 19.1. The van der Waals surface area contributed by atoms with Gasteiger partial charge in [0.2, 0.25) is 5.82 Å². The maximum atomic E-state index is 12.6. The predicted molar refractivity (Wildman–Crippen MR) is 107 cm³/mol. The molecule has 1 amide bonds. The molecule has 1 saturated carbocycles. The first kappa shape index (κ1) is 18.2. The van der Waals surface area contributed by atoms with Crippen molar-refractivity contribution in [1.29, 1.82) is 0 Å². The van der Waals surface area contributed by atoms with Crippen LogP contribution in [0.4, 0.5) is 0 Å². The molecule has 150 valence electrons. The molecule has 0 aromatic carbocycles. The number of hydrogen-bond donors (Lipinski definition) is 1. The Labute approximate surface area is 169 Å². The van der Waals surface area contributed by atoms with E-state index in [4.69, 9.17) is 0 Å². The van der Waals surface area contributed by atoms with Gasteiger partial charge in [-0.25, -0.2) is 4.98 Å². The molecular formula is C20H28N6OS. The lowest BCUT2D eigenvalue weighted by molar-refractivity contribution is 0.0621. The second-order valence-corrected chi connectivity index (χ2v) is 9.76. The number of aryl methyl sites for hydroxylation is 2. The van der Waals surface area contributed by atoms with E-state index in [1.807, 2.05) is 5.51 Å². The molecule has 0 atom stereocenters. The lowest BCUT2D eigenvalue weighted by Crippen LogP contribution is -2.44. The summed E-state index contributed by atoms with van der Waals surface area (Å²) in [5, 5.41) is 11.6. The molecule has 3 aliphatic rings. The largest absolute Gasteiger partial charge is 0.349 e. The van der Waals surface area contributed by atoms with Crippen molar-refractivity contribution in [3.63, 3.8) is 0 Å². The van der Waals surface area contributed by atoms with Crippen molar-refractivity contribution in [2.75, 3.05) is 19.6 Å². The van der Waals surface area contributed by atoms with Gasteiger partial charge in [0.25, 0.3) is 5.91 Å². The molecule has 7 nitrogen and oxygen atoms in total. The van der Waals surface area contributed by atoms with Gasteiger partial charge in [0.05, 0.1) is 11.2 Å². The standard InChI is InChI=1S/C20H28N6OS/c1-14-16(28-13-22-14)11-25-8-6-20(7-9-25)5-4-17-23-24-18(26(17)12-20)19(27)21-10-15-2-3-15/h13,15H,2-12H2,1H3,(H,21,27). The Bertz CT molecular complexity index is 862. The van der Waals surface area contributed by atoms with Crippen LogP contribution < -0.4 is 5.32 Å². The summed E-state index contributed by atoms with van der Waals surface area (Å²) in [6.45, 7) is 6.99. The molecule has 5 rings (SSSR count). The minimum Gasteiger partial charge on any atom is -0.349 e. The molecular weight excluding hydrogens is 372 g/mol. The number of hydrogen-bond acceptors (Lipinski definition) is 6. The topological polar surface area (TPSA) is 75.9 Å². The fourth-order valence-electron chi connectivity index (χ4n) is 4.56. The summed E-state index contributed by atoms with van der Waals surface area (Å²) in [6, 6.07) is 0. The number of likely N-dealkylation sites (tertiary alicyclic amines) is 1. The normalized spacial score (nSPS) is 21.6. The minimum atomic E-state index is -0.0548. The molecule has 0 bridgehead atoms. The Kier molecular flexibility index (Phi) is 4.71. The van der Waals surface area contributed by atoms with Crippen LogP contribution in [0.2, 0.25) is 0 Å². The Morgan fingerprint density at radius 2 is 2.11 bits per heavy atom. The summed E-state index contributed by atoms with van der Waals surface area (Å²) in [5.41, 5.74) is 3.39. The number of carbonyl (C=O) groups is 1. The number of carbonyl (C=O) groups excluding carboxylic acids is 1. The third-order valence-corrected chi connectivity index (χ3v) is 7.70. The number of nitrogens with zero attached hydrogens (tertiary/aromatic N) is 5. The quantitative estimate of drug-likeness (QED) is 0.834. The highest BCUT2D eigenvalue weighted by Gasteiger charge is 2.40. The molecule has 2 fully saturated rings. The van der Waals surface area contributed by atoms with Crippen LogP contribution in [0.1, 0.15) is 59.1 Å². The van der Waals surface area contributed by atoms with Crippen molar-refractivity contribution in [3.8, 4) is 0 Å². The molecule has 4 heterocycles. The average Bonchev–Trinajstić information content (AvgIpc) is 3.32. The van der Waals surface area contributed by atoms with E-state index in [2.05, 4.69) is 36.9 Å². The molecule has 2 aliphatic heterocycles. The van der Waals surface area contributed by atoms with E-state index in [0.29, 0.717) is 11.7 Å². The van der Waals surface area contributed by atoms with Crippen molar-refractivity contribution in [1.82, 2.24) is 30.0 Å². The molecule has 0 radical (unpaired) electrons. The van der Waals surface area contributed by atoms with E-state index in [9.17, 15) is 4.79 Å². The summed E-state index contributed by atoms with van der Waals surface area (Å²) in [5.74, 6) is 2.11. The average molecular weight is 401 g/mol. The summed E-state index contributed by atoms with van der Waals surface area (Å²) >= 11 is 1.76. The van der Waals surface area contributed by atoms with Crippen molar-refractivity contribution in [2.45, 2.75) is 58.5 Å². The lowest BCUT2D eigenvalue weighted by atomic mass is 9.73. The van der Waals surface area contributed by atoms with E-state index < -0.39 is 0 Å². The predicted octanol–water partition coefficient (Wildman–Crippen LogP) is 2.41. The van der Waals surface area contributed by atoms with Gasteiger partial charge in [-0.05, 0) is 63.5 Å². The maximum Gasteiger partial charge on any atom is 0.289 e. The second kappa shape index (κ2) is 7.22. The third kappa shape index (κ3) is 3.59.